The number of amides is 1. The standard InChI is InChI=1S/C17H22N6O/c1-12-18-10-13(11-22(2)3)16(20-12)15-7-5-9-23(15)17(24)14-6-4-8-19-21-14/h4,6,8,10,15H,5,7,9,11H2,1-3H3/t15-/m0/s1. The molecule has 0 N–H and O–H groups in total. The zero-order valence-corrected chi connectivity index (χ0v) is 14.3. The SMILES string of the molecule is Cc1ncc(CN(C)C)c([C@@H]2CCCN2C(=O)c2cccnn2)n1. The van der Waals surface area contributed by atoms with Gasteiger partial charge in [0.05, 0.1) is 11.7 Å². The van der Waals surface area contributed by atoms with Crippen molar-refractivity contribution in [3.8, 4) is 0 Å². The fourth-order valence-electron chi connectivity index (χ4n) is 3.12. The molecule has 0 saturated carbocycles. The van der Waals surface area contributed by atoms with Gasteiger partial charge < -0.3 is 9.80 Å². The summed E-state index contributed by atoms with van der Waals surface area (Å²) in [4.78, 5) is 25.8. The van der Waals surface area contributed by atoms with Crippen molar-refractivity contribution in [1.29, 1.82) is 0 Å². The van der Waals surface area contributed by atoms with E-state index < -0.39 is 0 Å². The maximum Gasteiger partial charge on any atom is 0.274 e. The van der Waals surface area contributed by atoms with Crippen LogP contribution in [0.2, 0.25) is 0 Å². The van der Waals surface area contributed by atoms with Gasteiger partial charge in [-0.3, -0.25) is 4.79 Å². The van der Waals surface area contributed by atoms with Crippen LogP contribution < -0.4 is 0 Å². The van der Waals surface area contributed by atoms with Crippen molar-refractivity contribution in [3.63, 3.8) is 0 Å². The number of likely N-dealkylation sites (tertiary alicyclic amines) is 1. The van der Waals surface area contributed by atoms with Crippen molar-refractivity contribution >= 4 is 5.91 Å². The summed E-state index contributed by atoms with van der Waals surface area (Å²) in [5, 5.41) is 7.77. The first-order valence-corrected chi connectivity index (χ1v) is 8.12. The normalized spacial score (nSPS) is 17.5. The first-order valence-electron chi connectivity index (χ1n) is 8.12. The van der Waals surface area contributed by atoms with Crippen LogP contribution in [-0.4, -0.2) is 56.5 Å². The van der Waals surface area contributed by atoms with Crippen LogP contribution in [0.25, 0.3) is 0 Å². The lowest BCUT2D eigenvalue weighted by molar-refractivity contribution is 0.0724. The molecule has 0 spiro atoms. The summed E-state index contributed by atoms with van der Waals surface area (Å²) in [6.45, 7) is 3.34. The predicted molar refractivity (Wildman–Crippen MR) is 89.2 cm³/mol. The maximum atomic E-state index is 12.8. The minimum Gasteiger partial charge on any atom is -0.329 e. The van der Waals surface area contributed by atoms with E-state index in [4.69, 9.17) is 0 Å². The Morgan fingerprint density at radius 3 is 2.96 bits per heavy atom. The first kappa shape index (κ1) is 16.4. The molecule has 24 heavy (non-hydrogen) atoms. The number of aromatic nitrogens is 4. The third-order valence-electron chi connectivity index (χ3n) is 4.13. The Balaban J connectivity index is 1.93. The summed E-state index contributed by atoms with van der Waals surface area (Å²) in [6, 6.07) is 3.41. The second-order valence-corrected chi connectivity index (χ2v) is 6.33. The number of hydrogen-bond acceptors (Lipinski definition) is 6. The summed E-state index contributed by atoms with van der Waals surface area (Å²) in [6.07, 6.45) is 5.31. The number of hydrogen-bond donors (Lipinski definition) is 0. The Labute approximate surface area is 141 Å². The second kappa shape index (κ2) is 7.00. The molecule has 0 aliphatic carbocycles. The zero-order chi connectivity index (χ0) is 17.1. The highest BCUT2D eigenvalue weighted by Gasteiger charge is 2.33. The molecule has 3 heterocycles. The topological polar surface area (TPSA) is 75.1 Å². The molecule has 1 atom stereocenters. The van der Waals surface area contributed by atoms with Gasteiger partial charge in [-0.1, -0.05) is 0 Å². The highest BCUT2D eigenvalue weighted by molar-refractivity contribution is 5.92. The van der Waals surface area contributed by atoms with Crippen LogP contribution >= 0.6 is 0 Å². The van der Waals surface area contributed by atoms with E-state index in [0.29, 0.717) is 12.2 Å². The molecule has 1 fully saturated rings. The monoisotopic (exact) mass is 326 g/mol. The molecular formula is C17H22N6O. The molecule has 126 valence electrons. The fraction of sp³-hybridized carbons (Fsp3) is 0.471. The second-order valence-electron chi connectivity index (χ2n) is 6.33. The quantitative estimate of drug-likeness (QED) is 0.850. The molecular weight excluding hydrogens is 304 g/mol. The van der Waals surface area contributed by atoms with Gasteiger partial charge in [0.25, 0.3) is 5.91 Å². The molecule has 1 amide bonds. The largest absolute Gasteiger partial charge is 0.329 e. The summed E-state index contributed by atoms with van der Waals surface area (Å²) >= 11 is 0. The van der Waals surface area contributed by atoms with E-state index >= 15 is 0 Å². The molecule has 0 bridgehead atoms. The first-order chi connectivity index (χ1) is 11.6. The molecule has 0 unspecified atom stereocenters. The van der Waals surface area contributed by atoms with Gasteiger partial charge >= 0.3 is 0 Å². The van der Waals surface area contributed by atoms with Crippen molar-refractivity contribution in [3.05, 3.63) is 47.3 Å². The van der Waals surface area contributed by atoms with Gasteiger partial charge in [0.15, 0.2) is 5.69 Å². The van der Waals surface area contributed by atoms with Gasteiger partial charge in [0.1, 0.15) is 5.82 Å². The molecule has 0 aromatic carbocycles. The van der Waals surface area contributed by atoms with Crippen molar-refractivity contribution in [1.82, 2.24) is 30.0 Å². The van der Waals surface area contributed by atoms with Crippen LogP contribution in [0.3, 0.4) is 0 Å². The smallest absolute Gasteiger partial charge is 0.274 e. The minimum atomic E-state index is -0.0855. The van der Waals surface area contributed by atoms with E-state index in [1.165, 1.54) is 0 Å². The number of aryl methyl sites for hydroxylation is 1. The van der Waals surface area contributed by atoms with E-state index in [2.05, 4.69) is 25.1 Å². The number of carbonyl (C=O) groups is 1. The van der Waals surface area contributed by atoms with Crippen molar-refractivity contribution in [2.45, 2.75) is 32.4 Å². The fourth-order valence-corrected chi connectivity index (χ4v) is 3.12. The number of nitrogens with zero attached hydrogens (tertiary/aromatic N) is 6. The average Bonchev–Trinajstić information content (AvgIpc) is 3.05. The Morgan fingerprint density at radius 2 is 2.25 bits per heavy atom. The van der Waals surface area contributed by atoms with E-state index in [1.54, 1.807) is 18.3 Å². The van der Waals surface area contributed by atoms with E-state index in [0.717, 1.165) is 36.5 Å². The Morgan fingerprint density at radius 1 is 1.42 bits per heavy atom. The molecule has 0 radical (unpaired) electrons. The van der Waals surface area contributed by atoms with Crippen LogP contribution in [0.1, 0.15) is 46.5 Å². The highest BCUT2D eigenvalue weighted by Crippen LogP contribution is 2.33. The summed E-state index contributed by atoms with van der Waals surface area (Å²) in [7, 11) is 4.03. The number of rotatable bonds is 4. The van der Waals surface area contributed by atoms with E-state index in [9.17, 15) is 4.79 Å². The molecule has 3 rings (SSSR count). The van der Waals surface area contributed by atoms with Gasteiger partial charge in [-0.15, -0.1) is 5.10 Å². The number of carbonyl (C=O) groups excluding carboxylic acids is 1. The summed E-state index contributed by atoms with van der Waals surface area (Å²) in [5.74, 6) is 0.643. The summed E-state index contributed by atoms with van der Waals surface area (Å²) in [5.41, 5.74) is 2.39. The van der Waals surface area contributed by atoms with Gasteiger partial charge in [-0.2, -0.15) is 5.10 Å². The van der Waals surface area contributed by atoms with Gasteiger partial charge in [0, 0.05) is 31.0 Å². The molecule has 1 aliphatic heterocycles. The van der Waals surface area contributed by atoms with Crippen molar-refractivity contribution < 1.29 is 4.79 Å². The van der Waals surface area contributed by atoms with Gasteiger partial charge in [-0.05, 0) is 46.0 Å². The third kappa shape index (κ3) is 3.41. The van der Waals surface area contributed by atoms with E-state index in [-0.39, 0.29) is 11.9 Å². The Kier molecular flexibility index (Phi) is 4.80. The average molecular weight is 326 g/mol. The molecule has 1 aliphatic rings. The van der Waals surface area contributed by atoms with Crippen LogP contribution in [-0.2, 0) is 6.54 Å². The summed E-state index contributed by atoms with van der Waals surface area (Å²) < 4.78 is 0. The van der Waals surface area contributed by atoms with Crippen molar-refractivity contribution in [2.75, 3.05) is 20.6 Å². The zero-order valence-electron chi connectivity index (χ0n) is 14.3. The third-order valence-corrected chi connectivity index (χ3v) is 4.13. The highest BCUT2D eigenvalue weighted by atomic mass is 16.2. The Hall–Kier alpha value is -2.41. The van der Waals surface area contributed by atoms with Gasteiger partial charge in [0.2, 0.25) is 0 Å². The molecule has 2 aromatic rings. The molecule has 1 saturated heterocycles. The van der Waals surface area contributed by atoms with Crippen LogP contribution in [0.15, 0.2) is 24.5 Å². The maximum absolute atomic E-state index is 12.8. The van der Waals surface area contributed by atoms with Crippen LogP contribution in [0.4, 0.5) is 0 Å². The van der Waals surface area contributed by atoms with E-state index in [1.807, 2.05) is 32.1 Å². The minimum absolute atomic E-state index is 0.0313. The predicted octanol–water partition coefficient (Wildman–Crippen LogP) is 1.61. The van der Waals surface area contributed by atoms with Gasteiger partial charge in [-0.25, -0.2) is 9.97 Å². The van der Waals surface area contributed by atoms with Crippen LogP contribution in [0.5, 0.6) is 0 Å². The lowest BCUT2D eigenvalue weighted by Crippen LogP contribution is -2.32. The van der Waals surface area contributed by atoms with Crippen LogP contribution in [0, 0.1) is 6.92 Å². The molecule has 7 nitrogen and oxygen atoms in total. The van der Waals surface area contributed by atoms with Crippen molar-refractivity contribution in [2.24, 2.45) is 0 Å². The lowest BCUT2D eigenvalue weighted by atomic mass is 10.1. The molecule has 7 heteroatoms. The Bertz CT molecular complexity index is 718. The molecule has 2 aromatic heterocycles. The lowest BCUT2D eigenvalue weighted by Gasteiger charge is -2.26.